The minimum atomic E-state index is -0.515. The molecule has 1 unspecified atom stereocenters. The van der Waals surface area contributed by atoms with Gasteiger partial charge < -0.3 is 10.2 Å². The van der Waals surface area contributed by atoms with Crippen molar-refractivity contribution in [1.29, 1.82) is 0 Å². The number of carbonyl (C=O) groups excluding carboxylic acids is 1. The fourth-order valence-electron chi connectivity index (χ4n) is 0.834. The molecule has 0 fully saturated rings. The largest absolute Gasteiger partial charge is 0.468 e. The SMILES string of the molecule is CC(NOCC(N)=O)c1ccco1. The van der Waals surface area contributed by atoms with E-state index in [0.717, 1.165) is 5.76 Å². The maximum atomic E-state index is 10.3. The summed E-state index contributed by atoms with van der Waals surface area (Å²) >= 11 is 0. The quantitative estimate of drug-likeness (QED) is 0.647. The zero-order valence-electron chi connectivity index (χ0n) is 7.32. The number of nitrogens with one attached hydrogen (secondary N) is 1. The van der Waals surface area contributed by atoms with Crippen LogP contribution in [0.15, 0.2) is 22.8 Å². The van der Waals surface area contributed by atoms with Gasteiger partial charge in [-0.15, -0.1) is 0 Å². The molecule has 1 aromatic heterocycles. The van der Waals surface area contributed by atoms with Crippen LogP contribution in [0.2, 0.25) is 0 Å². The first-order chi connectivity index (χ1) is 6.20. The Balaban J connectivity index is 2.26. The normalized spacial score (nSPS) is 12.7. The van der Waals surface area contributed by atoms with Crippen molar-refractivity contribution in [3.05, 3.63) is 24.2 Å². The summed E-state index contributed by atoms with van der Waals surface area (Å²) in [6.07, 6.45) is 1.57. The maximum absolute atomic E-state index is 10.3. The summed E-state index contributed by atoms with van der Waals surface area (Å²) in [4.78, 5) is 15.1. The Bertz CT molecular complexity index is 258. The molecule has 0 radical (unpaired) electrons. The first-order valence-electron chi connectivity index (χ1n) is 3.89. The van der Waals surface area contributed by atoms with Crippen LogP contribution in [0.5, 0.6) is 0 Å². The Morgan fingerprint density at radius 1 is 1.85 bits per heavy atom. The molecule has 0 aliphatic rings. The summed E-state index contributed by atoms with van der Waals surface area (Å²) in [5.41, 5.74) is 7.49. The molecule has 0 aromatic carbocycles. The molecular formula is C8H12N2O3. The summed E-state index contributed by atoms with van der Waals surface area (Å²) in [6, 6.07) is 3.49. The van der Waals surface area contributed by atoms with Crippen LogP contribution < -0.4 is 11.2 Å². The molecule has 0 aliphatic heterocycles. The van der Waals surface area contributed by atoms with E-state index < -0.39 is 5.91 Å². The molecule has 5 nitrogen and oxygen atoms in total. The van der Waals surface area contributed by atoms with Crippen LogP contribution >= 0.6 is 0 Å². The third kappa shape index (κ3) is 3.27. The van der Waals surface area contributed by atoms with Crippen molar-refractivity contribution in [3.8, 4) is 0 Å². The van der Waals surface area contributed by atoms with E-state index >= 15 is 0 Å². The van der Waals surface area contributed by atoms with Crippen molar-refractivity contribution in [3.63, 3.8) is 0 Å². The van der Waals surface area contributed by atoms with Crippen LogP contribution in [0.25, 0.3) is 0 Å². The van der Waals surface area contributed by atoms with Crippen LogP contribution in [0, 0.1) is 0 Å². The predicted octanol–water partition coefficient (Wildman–Crippen LogP) is 0.347. The number of rotatable bonds is 5. The fraction of sp³-hybridized carbons (Fsp3) is 0.375. The van der Waals surface area contributed by atoms with Gasteiger partial charge in [0.25, 0.3) is 0 Å². The minimum absolute atomic E-state index is 0.102. The highest BCUT2D eigenvalue weighted by atomic mass is 16.6. The second-order valence-electron chi connectivity index (χ2n) is 2.61. The zero-order chi connectivity index (χ0) is 9.68. The average molecular weight is 184 g/mol. The number of furan rings is 1. The minimum Gasteiger partial charge on any atom is -0.468 e. The molecule has 5 heteroatoms. The monoisotopic (exact) mass is 184 g/mol. The highest BCUT2D eigenvalue weighted by Crippen LogP contribution is 2.11. The molecular weight excluding hydrogens is 172 g/mol. The Morgan fingerprint density at radius 2 is 2.62 bits per heavy atom. The van der Waals surface area contributed by atoms with Gasteiger partial charge in [0.15, 0.2) is 0 Å². The molecule has 1 heterocycles. The van der Waals surface area contributed by atoms with E-state index in [-0.39, 0.29) is 12.6 Å². The second-order valence-corrected chi connectivity index (χ2v) is 2.61. The molecule has 3 N–H and O–H groups in total. The Kier molecular flexibility index (Phi) is 3.48. The number of primary amides is 1. The number of hydroxylamine groups is 1. The Morgan fingerprint density at radius 3 is 3.15 bits per heavy atom. The smallest absolute Gasteiger partial charge is 0.245 e. The van der Waals surface area contributed by atoms with Gasteiger partial charge in [0.2, 0.25) is 5.91 Å². The summed E-state index contributed by atoms with van der Waals surface area (Å²) in [7, 11) is 0. The van der Waals surface area contributed by atoms with Gasteiger partial charge in [-0.1, -0.05) is 0 Å². The molecule has 0 bridgehead atoms. The lowest BCUT2D eigenvalue weighted by molar-refractivity contribution is -0.126. The van der Waals surface area contributed by atoms with E-state index in [1.165, 1.54) is 0 Å². The van der Waals surface area contributed by atoms with E-state index in [9.17, 15) is 4.79 Å². The third-order valence-electron chi connectivity index (χ3n) is 1.44. The standard InChI is InChI=1S/C8H12N2O3/c1-6(7-3-2-4-12-7)10-13-5-8(9)11/h2-4,6,10H,5H2,1H3,(H2,9,11). The van der Waals surface area contributed by atoms with Crippen LogP contribution in [0.3, 0.4) is 0 Å². The van der Waals surface area contributed by atoms with Crippen LogP contribution in [0.1, 0.15) is 18.7 Å². The van der Waals surface area contributed by atoms with Gasteiger partial charge in [0.1, 0.15) is 12.4 Å². The number of nitrogens with two attached hydrogens (primary N) is 1. The number of hydrogen-bond acceptors (Lipinski definition) is 4. The molecule has 0 saturated carbocycles. The van der Waals surface area contributed by atoms with Crippen LogP contribution in [-0.4, -0.2) is 12.5 Å². The molecule has 0 spiro atoms. The summed E-state index contributed by atoms with van der Waals surface area (Å²) in [6.45, 7) is 1.70. The first-order valence-corrected chi connectivity index (χ1v) is 3.89. The highest BCUT2D eigenvalue weighted by Gasteiger charge is 2.07. The number of hydrogen-bond donors (Lipinski definition) is 2. The van der Waals surface area contributed by atoms with Gasteiger partial charge >= 0.3 is 0 Å². The van der Waals surface area contributed by atoms with Crippen molar-refractivity contribution in [1.82, 2.24) is 5.48 Å². The molecule has 1 rings (SSSR count). The van der Waals surface area contributed by atoms with Gasteiger partial charge in [0.05, 0.1) is 12.3 Å². The predicted molar refractivity (Wildman–Crippen MR) is 45.4 cm³/mol. The lowest BCUT2D eigenvalue weighted by Gasteiger charge is -2.09. The molecule has 72 valence electrons. The summed E-state index contributed by atoms with van der Waals surface area (Å²) < 4.78 is 5.09. The van der Waals surface area contributed by atoms with Crippen LogP contribution in [-0.2, 0) is 9.63 Å². The fourth-order valence-corrected chi connectivity index (χ4v) is 0.834. The van der Waals surface area contributed by atoms with E-state index in [4.69, 9.17) is 15.0 Å². The van der Waals surface area contributed by atoms with E-state index in [1.807, 2.05) is 13.0 Å². The third-order valence-corrected chi connectivity index (χ3v) is 1.44. The van der Waals surface area contributed by atoms with Gasteiger partial charge in [-0.3, -0.25) is 9.63 Å². The topological polar surface area (TPSA) is 77.5 Å². The van der Waals surface area contributed by atoms with Crippen LogP contribution in [0.4, 0.5) is 0 Å². The average Bonchev–Trinajstić information content (AvgIpc) is 2.55. The van der Waals surface area contributed by atoms with Crippen molar-refractivity contribution in [2.24, 2.45) is 5.73 Å². The summed E-state index contributed by atoms with van der Waals surface area (Å²) in [5.74, 6) is 0.226. The Labute approximate surface area is 75.8 Å². The molecule has 0 aliphatic carbocycles. The highest BCUT2D eigenvalue weighted by molar-refractivity contribution is 5.74. The van der Waals surface area contributed by atoms with Crippen molar-refractivity contribution in [2.75, 3.05) is 6.61 Å². The summed E-state index contributed by atoms with van der Waals surface area (Å²) in [5, 5.41) is 0. The Hall–Kier alpha value is -1.33. The van der Waals surface area contributed by atoms with Gasteiger partial charge in [0, 0.05) is 0 Å². The zero-order valence-corrected chi connectivity index (χ0v) is 7.32. The van der Waals surface area contributed by atoms with Crippen molar-refractivity contribution >= 4 is 5.91 Å². The molecule has 1 amide bonds. The van der Waals surface area contributed by atoms with E-state index in [0.29, 0.717) is 0 Å². The van der Waals surface area contributed by atoms with Gasteiger partial charge in [-0.2, -0.15) is 5.48 Å². The van der Waals surface area contributed by atoms with Gasteiger partial charge in [-0.25, -0.2) is 0 Å². The number of carbonyl (C=O) groups is 1. The number of amides is 1. The van der Waals surface area contributed by atoms with Crippen molar-refractivity contribution < 1.29 is 14.0 Å². The maximum Gasteiger partial charge on any atom is 0.245 e. The molecule has 13 heavy (non-hydrogen) atoms. The van der Waals surface area contributed by atoms with Gasteiger partial charge in [-0.05, 0) is 19.1 Å². The molecule has 0 saturated heterocycles. The molecule has 1 aromatic rings. The van der Waals surface area contributed by atoms with E-state index in [1.54, 1.807) is 12.3 Å². The van der Waals surface area contributed by atoms with Crippen molar-refractivity contribution in [2.45, 2.75) is 13.0 Å². The second kappa shape index (κ2) is 4.64. The molecule has 1 atom stereocenters. The first kappa shape index (κ1) is 9.76. The lowest BCUT2D eigenvalue weighted by atomic mass is 10.3. The van der Waals surface area contributed by atoms with E-state index in [2.05, 4.69) is 5.48 Å². The lowest BCUT2D eigenvalue weighted by Crippen LogP contribution is -2.26.